The Morgan fingerprint density at radius 2 is 2.38 bits per heavy atom. The number of aromatic amines is 1. The number of carboxylic acid groups (broad SMARTS) is 1. The number of H-pyrrole nitrogens is 1. The van der Waals surface area contributed by atoms with Gasteiger partial charge in [-0.1, -0.05) is 22.9 Å². The van der Waals surface area contributed by atoms with Crippen LogP contribution >= 0.6 is 22.9 Å². The lowest BCUT2D eigenvalue weighted by molar-refractivity contribution is 0.0685. The first-order valence-corrected chi connectivity index (χ1v) is 5.57. The Balaban J connectivity index is 2.34. The van der Waals surface area contributed by atoms with Gasteiger partial charge < -0.3 is 14.7 Å². The molecule has 84 valence electrons. The van der Waals surface area contributed by atoms with E-state index in [1.807, 2.05) is 0 Å². The number of carbonyl (C=O) groups is 1. The molecule has 0 unspecified atom stereocenters. The standard InChI is InChI=1S/C9H7ClN2O3S/c10-5-1-7(8(13)14)12(2-5)3-6-4-16-9(15)11-6/h1-2,4H,3H2,(H,11,15)(H,13,14). The summed E-state index contributed by atoms with van der Waals surface area (Å²) < 4.78 is 1.47. The molecule has 0 aliphatic carbocycles. The van der Waals surface area contributed by atoms with Crippen molar-refractivity contribution >= 4 is 28.9 Å². The highest BCUT2D eigenvalue weighted by Crippen LogP contribution is 2.15. The first kappa shape index (κ1) is 11.0. The van der Waals surface area contributed by atoms with E-state index in [0.717, 1.165) is 11.3 Å². The summed E-state index contributed by atoms with van der Waals surface area (Å²) in [5.74, 6) is -1.05. The minimum Gasteiger partial charge on any atom is -0.477 e. The number of rotatable bonds is 3. The summed E-state index contributed by atoms with van der Waals surface area (Å²) in [6, 6.07) is 1.37. The SMILES string of the molecule is O=C(O)c1cc(Cl)cn1Cc1csc(=O)[nH]1. The summed E-state index contributed by atoms with van der Waals surface area (Å²) in [6.45, 7) is 0.285. The molecule has 2 rings (SSSR count). The molecule has 0 atom stereocenters. The zero-order chi connectivity index (χ0) is 11.7. The molecular formula is C9H7ClN2O3S. The summed E-state index contributed by atoms with van der Waals surface area (Å²) in [7, 11) is 0. The molecule has 0 radical (unpaired) electrons. The molecule has 2 aromatic heterocycles. The third kappa shape index (κ3) is 2.17. The molecule has 0 fully saturated rings. The second-order valence-electron chi connectivity index (χ2n) is 3.15. The van der Waals surface area contributed by atoms with Crippen LogP contribution < -0.4 is 4.87 Å². The smallest absolute Gasteiger partial charge is 0.352 e. The van der Waals surface area contributed by atoms with Gasteiger partial charge in [-0.05, 0) is 6.07 Å². The van der Waals surface area contributed by atoms with Crippen molar-refractivity contribution in [3.8, 4) is 0 Å². The lowest BCUT2D eigenvalue weighted by Crippen LogP contribution is -2.09. The predicted molar refractivity (Wildman–Crippen MR) is 60.4 cm³/mol. The van der Waals surface area contributed by atoms with Gasteiger partial charge in [0.15, 0.2) is 0 Å². The number of carboxylic acids is 1. The van der Waals surface area contributed by atoms with Crippen LogP contribution in [0.2, 0.25) is 5.02 Å². The van der Waals surface area contributed by atoms with Crippen LogP contribution in [-0.2, 0) is 6.54 Å². The summed E-state index contributed by atoms with van der Waals surface area (Å²) in [6.07, 6.45) is 1.51. The average molecular weight is 259 g/mol. The first-order valence-electron chi connectivity index (χ1n) is 4.32. The number of hydrogen-bond acceptors (Lipinski definition) is 3. The van der Waals surface area contributed by atoms with Crippen molar-refractivity contribution in [1.29, 1.82) is 0 Å². The highest BCUT2D eigenvalue weighted by molar-refractivity contribution is 7.07. The number of aromatic carboxylic acids is 1. The van der Waals surface area contributed by atoms with E-state index < -0.39 is 5.97 Å². The number of aromatic nitrogens is 2. The van der Waals surface area contributed by atoms with Crippen molar-refractivity contribution in [3.63, 3.8) is 0 Å². The number of thiazole rings is 1. The van der Waals surface area contributed by atoms with Crippen LogP contribution in [0.5, 0.6) is 0 Å². The molecule has 0 bridgehead atoms. The van der Waals surface area contributed by atoms with E-state index in [1.165, 1.54) is 16.8 Å². The molecule has 0 aromatic carbocycles. The summed E-state index contributed by atoms with van der Waals surface area (Å²) in [5.41, 5.74) is 0.752. The van der Waals surface area contributed by atoms with Crippen molar-refractivity contribution in [3.05, 3.63) is 43.7 Å². The van der Waals surface area contributed by atoms with Crippen LogP contribution in [0.1, 0.15) is 16.2 Å². The second-order valence-corrected chi connectivity index (χ2v) is 4.43. The maximum absolute atomic E-state index is 10.9. The van der Waals surface area contributed by atoms with Gasteiger partial charge in [-0.2, -0.15) is 0 Å². The van der Waals surface area contributed by atoms with Gasteiger partial charge in [0.25, 0.3) is 0 Å². The summed E-state index contributed by atoms with van der Waals surface area (Å²) >= 11 is 6.77. The zero-order valence-corrected chi connectivity index (χ0v) is 9.51. The van der Waals surface area contributed by atoms with Gasteiger partial charge >= 0.3 is 10.8 Å². The highest BCUT2D eigenvalue weighted by atomic mass is 35.5. The third-order valence-corrected chi connectivity index (χ3v) is 2.92. The predicted octanol–water partition coefficient (Wildman–Crippen LogP) is 1.64. The first-order chi connectivity index (χ1) is 7.56. The molecule has 0 aliphatic heterocycles. The fourth-order valence-corrected chi connectivity index (χ4v) is 2.15. The molecule has 2 N–H and O–H groups in total. The average Bonchev–Trinajstić information content (AvgIpc) is 2.74. The maximum atomic E-state index is 10.9. The Labute approximate surface area is 98.9 Å². The van der Waals surface area contributed by atoms with E-state index >= 15 is 0 Å². The molecule has 2 heterocycles. The van der Waals surface area contributed by atoms with Gasteiger partial charge in [-0.25, -0.2) is 4.79 Å². The number of halogens is 1. The van der Waals surface area contributed by atoms with Crippen molar-refractivity contribution in [2.45, 2.75) is 6.54 Å². The Bertz CT molecular complexity index is 584. The quantitative estimate of drug-likeness (QED) is 0.879. The van der Waals surface area contributed by atoms with Crippen LogP contribution in [0.15, 0.2) is 22.4 Å². The molecule has 7 heteroatoms. The maximum Gasteiger partial charge on any atom is 0.352 e. The van der Waals surface area contributed by atoms with Gasteiger partial charge in [-0.3, -0.25) is 4.79 Å². The van der Waals surface area contributed by atoms with Crippen LogP contribution in [0.3, 0.4) is 0 Å². The zero-order valence-electron chi connectivity index (χ0n) is 7.94. The van der Waals surface area contributed by atoms with Gasteiger partial charge in [0.2, 0.25) is 0 Å². The van der Waals surface area contributed by atoms with Crippen LogP contribution in [-0.4, -0.2) is 20.6 Å². The lowest BCUT2D eigenvalue weighted by Gasteiger charge is -2.03. The van der Waals surface area contributed by atoms with E-state index in [4.69, 9.17) is 16.7 Å². The molecular weight excluding hydrogens is 252 g/mol. The minimum absolute atomic E-state index is 0.0945. The second kappa shape index (κ2) is 4.15. The topological polar surface area (TPSA) is 75.1 Å². The lowest BCUT2D eigenvalue weighted by atomic mass is 10.4. The van der Waals surface area contributed by atoms with E-state index in [-0.39, 0.29) is 17.1 Å². The fourth-order valence-electron chi connectivity index (χ4n) is 1.36. The van der Waals surface area contributed by atoms with Crippen molar-refractivity contribution < 1.29 is 9.90 Å². The Morgan fingerprint density at radius 3 is 2.94 bits per heavy atom. The number of hydrogen-bond donors (Lipinski definition) is 2. The monoisotopic (exact) mass is 258 g/mol. The van der Waals surface area contributed by atoms with E-state index in [9.17, 15) is 9.59 Å². The van der Waals surface area contributed by atoms with Crippen LogP contribution in [0.25, 0.3) is 0 Å². The van der Waals surface area contributed by atoms with Crippen molar-refractivity contribution in [2.75, 3.05) is 0 Å². The van der Waals surface area contributed by atoms with Crippen LogP contribution in [0, 0.1) is 0 Å². The van der Waals surface area contributed by atoms with Crippen LogP contribution in [0.4, 0.5) is 0 Å². The normalized spacial score (nSPS) is 10.6. The highest BCUT2D eigenvalue weighted by Gasteiger charge is 2.12. The van der Waals surface area contributed by atoms with E-state index in [0.29, 0.717) is 10.7 Å². The fraction of sp³-hybridized carbons (Fsp3) is 0.111. The van der Waals surface area contributed by atoms with E-state index in [1.54, 1.807) is 5.38 Å². The molecule has 0 amide bonds. The molecule has 0 saturated heterocycles. The largest absolute Gasteiger partial charge is 0.477 e. The van der Waals surface area contributed by atoms with Crippen molar-refractivity contribution in [2.24, 2.45) is 0 Å². The van der Waals surface area contributed by atoms with Gasteiger partial charge in [-0.15, -0.1) is 0 Å². The van der Waals surface area contributed by atoms with Crippen molar-refractivity contribution in [1.82, 2.24) is 9.55 Å². The Morgan fingerprint density at radius 1 is 1.62 bits per heavy atom. The molecule has 5 nitrogen and oxygen atoms in total. The Kier molecular flexibility index (Phi) is 2.84. The van der Waals surface area contributed by atoms with Gasteiger partial charge in [0.05, 0.1) is 11.6 Å². The van der Waals surface area contributed by atoms with E-state index in [2.05, 4.69) is 4.98 Å². The molecule has 0 spiro atoms. The molecule has 0 saturated carbocycles. The summed E-state index contributed by atoms with van der Waals surface area (Å²) in [5, 5.41) is 10.9. The Hall–Kier alpha value is -1.53. The van der Waals surface area contributed by atoms with Gasteiger partial charge in [0.1, 0.15) is 5.69 Å². The van der Waals surface area contributed by atoms with Gasteiger partial charge in [0, 0.05) is 17.3 Å². The molecule has 0 aliphatic rings. The minimum atomic E-state index is -1.05. The number of nitrogens with zero attached hydrogens (tertiary/aromatic N) is 1. The molecule has 2 aromatic rings. The molecule has 16 heavy (non-hydrogen) atoms. The number of nitrogens with one attached hydrogen (secondary N) is 1. The third-order valence-electron chi connectivity index (χ3n) is 1.99. The summed E-state index contributed by atoms with van der Waals surface area (Å²) in [4.78, 5) is 24.2.